The second kappa shape index (κ2) is 5.60. The Bertz CT molecular complexity index is 505. The second-order valence-corrected chi connectivity index (χ2v) is 5.56. The Morgan fingerprint density at radius 2 is 2.05 bits per heavy atom. The highest BCUT2D eigenvalue weighted by atomic mass is 16.4. The highest BCUT2D eigenvalue weighted by molar-refractivity contribution is 5.85. The number of carboxylic acids is 1. The maximum absolute atomic E-state index is 12.2. The summed E-state index contributed by atoms with van der Waals surface area (Å²) in [6.45, 7) is 2.08. The number of aromatic amines is 1. The van der Waals surface area contributed by atoms with Gasteiger partial charge in [-0.25, -0.2) is 4.98 Å². The second-order valence-electron chi connectivity index (χ2n) is 5.56. The lowest BCUT2D eigenvalue weighted by molar-refractivity contribution is -0.153. The summed E-state index contributed by atoms with van der Waals surface area (Å²) in [5, 5.41) is 16.1. The third-order valence-corrected chi connectivity index (χ3v) is 3.95. The average molecular weight is 280 g/mol. The highest BCUT2D eigenvalue weighted by Crippen LogP contribution is 2.41. The Balaban J connectivity index is 1.98. The van der Waals surface area contributed by atoms with Crippen molar-refractivity contribution in [3.8, 4) is 0 Å². The molecule has 1 fully saturated rings. The molecule has 0 spiro atoms. The van der Waals surface area contributed by atoms with Crippen LogP contribution in [0.4, 0.5) is 0 Å². The van der Waals surface area contributed by atoms with Gasteiger partial charge in [0.2, 0.25) is 5.91 Å². The van der Waals surface area contributed by atoms with E-state index in [4.69, 9.17) is 0 Å². The molecule has 7 heteroatoms. The molecule has 0 radical (unpaired) electrons. The fraction of sp³-hybridized carbons (Fsp3) is 0.692. The van der Waals surface area contributed by atoms with Gasteiger partial charge in [-0.1, -0.05) is 12.8 Å². The van der Waals surface area contributed by atoms with Gasteiger partial charge in [0.25, 0.3) is 0 Å². The third-order valence-electron chi connectivity index (χ3n) is 3.95. The van der Waals surface area contributed by atoms with Gasteiger partial charge in [-0.3, -0.25) is 14.7 Å². The molecule has 1 amide bonds. The van der Waals surface area contributed by atoms with Crippen molar-refractivity contribution in [2.24, 2.45) is 5.41 Å². The number of aryl methyl sites for hydroxylation is 1. The van der Waals surface area contributed by atoms with E-state index >= 15 is 0 Å². The van der Waals surface area contributed by atoms with Crippen molar-refractivity contribution in [2.75, 3.05) is 7.05 Å². The maximum Gasteiger partial charge on any atom is 0.310 e. The van der Waals surface area contributed by atoms with Gasteiger partial charge in [0, 0.05) is 13.5 Å². The van der Waals surface area contributed by atoms with Crippen molar-refractivity contribution in [2.45, 2.75) is 45.6 Å². The van der Waals surface area contributed by atoms with E-state index in [9.17, 15) is 14.7 Å². The number of rotatable bonds is 5. The van der Waals surface area contributed by atoms with Crippen molar-refractivity contribution in [3.05, 3.63) is 11.6 Å². The molecule has 1 aromatic heterocycles. The van der Waals surface area contributed by atoms with Crippen LogP contribution < -0.4 is 0 Å². The minimum Gasteiger partial charge on any atom is -0.481 e. The van der Waals surface area contributed by atoms with Crippen LogP contribution in [0.25, 0.3) is 0 Å². The summed E-state index contributed by atoms with van der Waals surface area (Å²) in [6, 6.07) is 0. The van der Waals surface area contributed by atoms with Crippen LogP contribution in [0.3, 0.4) is 0 Å². The van der Waals surface area contributed by atoms with E-state index in [1.165, 1.54) is 4.90 Å². The molecule has 0 atom stereocenters. The van der Waals surface area contributed by atoms with Gasteiger partial charge in [-0.2, -0.15) is 5.10 Å². The van der Waals surface area contributed by atoms with E-state index in [0.717, 1.165) is 12.8 Å². The van der Waals surface area contributed by atoms with Gasteiger partial charge in [0.15, 0.2) is 5.82 Å². The number of hydrogen-bond donors (Lipinski definition) is 2. The number of H-pyrrole nitrogens is 1. The molecule has 0 bridgehead atoms. The molecule has 110 valence electrons. The number of aromatic nitrogens is 3. The third kappa shape index (κ3) is 2.97. The van der Waals surface area contributed by atoms with Crippen LogP contribution in [0.5, 0.6) is 0 Å². The summed E-state index contributed by atoms with van der Waals surface area (Å²) in [5.41, 5.74) is -0.875. The summed E-state index contributed by atoms with van der Waals surface area (Å²) >= 11 is 0. The largest absolute Gasteiger partial charge is 0.481 e. The number of nitrogens with zero attached hydrogens (tertiary/aromatic N) is 3. The first-order chi connectivity index (χ1) is 9.43. The minimum atomic E-state index is -0.875. The molecule has 20 heavy (non-hydrogen) atoms. The van der Waals surface area contributed by atoms with E-state index in [2.05, 4.69) is 15.2 Å². The Hall–Kier alpha value is -1.92. The summed E-state index contributed by atoms with van der Waals surface area (Å²) in [5.74, 6) is 0.204. The molecule has 0 aromatic carbocycles. The zero-order valence-electron chi connectivity index (χ0n) is 11.8. The lowest BCUT2D eigenvalue weighted by Gasteiger charge is -2.25. The van der Waals surface area contributed by atoms with E-state index in [1.54, 1.807) is 14.0 Å². The van der Waals surface area contributed by atoms with Gasteiger partial charge in [-0.15, -0.1) is 0 Å². The first-order valence-electron chi connectivity index (χ1n) is 6.78. The van der Waals surface area contributed by atoms with Gasteiger partial charge in [0.05, 0.1) is 12.0 Å². The summed E-state index contributed by atoms with van der Waals surface area (Å²) in [7, 11) is 1.65. The number of aliphatic carboxylic acids is 1. The lowest BCUT2D eigenvalue weighted by Crippen LogP contribution is -2.36. The molecule has 0 saturated heterocycles. The summed E-state index contributed by atoms with van der Waals surface area (Å²) < 4.78 is 0. The first-order valence-corrected chi connectivity index (χ1v) is 6.78. The topological polar surface area (TPSA) is 99.2 Å². The molecular weight excluding hydrogens is 260 g/mol. The number of hydrogen-bond acceptors (Lipinski definition) is 4. The van der Waals surface area contributed by atoms with Gasteiger partial charge in [0.1, 0.15) is 5.82 Å². The molecule has 1 heterocycles. The Kier molecular flexibility index (Phi) is 4.06. The predicted octanol–water partition coefficient (Wildman–Crippen LogP) is 1.11. The molecular formula is C13H20N4O3. The van der Waals surface area contributed by atoms with Crippen molar-refractivity contribution >= 4 is 11.9 Å². The van der Waals surface area contributed by atoms with Gasteiger partial charge < -0.3 is 10.0 Å². The molecule has 1 saturated carbocycles. The average Bonchev–Trinajstić information content (AvgIpc) is 2.99. The van der Waals surface area contributed by atoms with Gasteiger partial charge >= 0.3 is 5.97 Å². The van der Waals surface area contributed by atoms with Crippen molar-refractivity contribution < 1.29 is 14.7 Å². The number of carbonyl (C=O) groups excluding carboxylic acids is 1. The van der Waals surface area contributed by atoms with Crippen molar-refractivity contribution in [3.63, 3.8) is 0 Å². The fourth-order valence-electron chi connectivity index (χ4n) is 2.70. The van der Waals surface area contributed by atoms with Gasteiger partial charge in [-0.05, 0) is 19.8 Å². The summed E-state index contributed by atoms with van der Waals surface area (Å²) in [4.78, 5) is 29.3. The van der Waals surface area contributed by atoms with Crippen LogP contribution in [0.1, 0.15) is 43.8 Å². The minimum absolute atomic E-state index is 0.0578. The molecule has 7 nitrogen and oxygen atoms in total. The molecule has 2 N–H and O–H groups in total. The van der Waals surface area contributed by atoms with Crippen LogP contribution >= 0.6 is 0 Å². The van der Waals surface area contributed by atoms with E-state index in [-0.39, 0.29) is 12.3 Å². The summed E-state index contributed by atoms with van der Waals surface area (Å²) in [6.07, 6.45) is 2.98. The van der Waals surface area contributed by atoms with E-state index in [0.29, 0.717) is 31.0 Å². The molecule has 0 unspecified atom stereocenters. The van der Waals surface area contributed by atoms with Crippen molar-refractivity contribution in [1.82, 2.24) is 20.1 Å². The molecule has 1 aliphatic rings. The SMILES string of the molecule is Cc1nc(CN(C)C(=O)CC2(C(=O)O)CCCC2)n[nH]1. The predicted molar refractivity (Wildman–Crippen MR) is 70.7 cm³/mol. The number of amides is 1. The molecule has 0 aliphatic heterocycles. The first kappa shape index (κ1) is 14.5. The molecule has 2 rings (SSSR count). The fourth-order valence-corrected chi connectivity index (χ4v) is 2.70. The van der Waals surface area contributed by atoms with E-state index in [1.807, 2.05) is 0 Å². The van der Waals surface area contributed by atoms with Crippen LogP contribution in [-0.4, -0.2) is 44.1 Å². The Labute approximate surface area is 117 Å². The van der Waals surface area contributed by atoms with Crippen LogP contribution in [0.2, 0.25) is 0 Å². The normalized spacial score (nSPS) is 17.1. The zero-order valence-corrected chi connectivity index (χ0v) is 11.8. The molecule has 1 aliphatic carbocycles. The molecule has 1 aromatic rings. The van der Waals surface area contributed by atoms with Crippen LogP contribution in [-0.2, 0) is 16.1 Å². The maximum atomic E-state index is 12.2. The Morgan fingerprint density at radius 3 is 2.55 bits per heavy atom. The highest BCUT2D eigenvalue weighted by Gasteiger charge is 2.43. The Morgan fingerprint density at radius 1 is 1.40 bits per heavy atom. The number of carboxylic acid groups (broad SMARTS) is 1. The van der Waals surface area contributed by atoms with E-state index < -0.39 is 11.4 Å². The zero-order chi connectivity index (χ0) is 14.8. The smallest absolute Gasteiger partial charge is 0.310 e. The standard InChI is InChI=1S/C13H20N4O3/c1-9-14-10(16-15-9)8-17(2)11(18)7-13(12(19)20)5-3-4-6-13/h3-8H2,1-2H3,(H,19,20)(H,14,15,16). The monoisotopic (exact) mass is 280 g/mol. The van der Waals surface area contributed by atoms with Crippen LogP contribution in [0, 0.1) is 12.3 Å². The van der Waals surface area contributed by atoms with Crippen LogP contribution in [0.15, 0.2) is 0 Å². The number of nitrogens with one attached hydrogen (secondary N) is 1. The lowest BCUT2D eigenvalue weighted by atomic mass is 9.82. The number of carbonyl (C=O) groups is 2. The quantitative estimate of drug-likeness (QED) is 0.841. The van der Waals surface area contributed by atoms with Crippen molar-refractivity contribution in [1.29, 1.82) is 0 Å².